The van der Waals surface area contributed by atoms with Crippen LogP contribution in [0.4, 0.5) is 14.6 Å². The van der Waals surface area contributed by atoms with Crippen LogP contribution in [0.25, 0.3) is 16.8 Å². The number of hydrogen-bond acceptors (Lipinski definition) is 6. The lowest BCUT2D eigenvalue weighted by Crippen LogP contribution is -2.62. The van der Waals surface area contributed by atoms with E-state index in [2.05, 4.69) is 47.9 Å². The van der Waals surface area contributed by atoms with Crippen LogP contribution in [0.2, 0.25) is 0 Å². The second-order valence-electron chi connectivity index (χ2n) is 9.38. The number of nitrogens with one attached hydrogen (secondary N) is 2. The number of anilines is 1. The SMILES string of the molecule is CN(c1cnc(-c2ccc(/C(C=N)=C/N)c(F)c2F)cn1)C1CC(C)(C)NC(C)(C)C1. The number of hydrogen-bond donors (Lipinski definition) is 3. The normalized spacial score (nSPS) is 18.6. The van der Waals surface area contributed by atoms with Gasteiger partial charge in [0.1, 0.15) is 5.82 Å². The molecule has 0 radical (unpaired) electrons. The molecule has 0 atom stereocenters. The van der Waals surface area contributed by atoms with E-state index in [1.807, 2.05) is 7.05 Å². The van der Waals surface area contributed by atoms with Crippen LogP contribution in [0, 0.1) is 17.0 Å². The summed E-state index contributed by atoms with van der Waals surface area (Å²) in [6.07, 6.45) is 6.88. The molecule has 8 heteroatoms. The van der Waals surface area contributed by atoms with Gasteiger partial charge in [0.15, 0.2) is 11.6 Å². The quantitative estimate of drug-likeness (QED) is 0.624. The van der Waals surface area contributed by atoms with Crippen molar-refractivity contribution in [3.05, 3.63) is 47.9 Å². The first-order chi connectivity index (χ1) is 14.5. The highest BCUT2D eigenvalue weighted by molar-refractivity contribution is 6.08. The summed E-state index contributed by atoms with van der Waals surface area (Å²) in [6, 6.07) is 3.08. The molecule has 0 bridgehead atoms. The summed E-state index contributed by atoms with van der Waals surface area (Å²) in [5.41, 5.74) is 5.64. The number of piperidine rings is 1. The van der Waals surface area contributed by atoms with Crippen LogP contribution in [0.3, 0.4) is 0 Å². The van der Waals surface area contributed by atoms with E-state index in [9.17, 15) is 8.78 Å². The smallest absolute Gasteiger partial charge is 0.168 e. The summed E-state index contributed by atoms with van der Waals surface area (Å²) < 4.78 is 29.2. The lowest BCUT2D eigenvalue weighted by atomic mass is 9.79. The zero-order chi connectivity index (χ0) is 23.0. The Morgan fingerprint density at radius 3 is 2.29 bits per heavy atom. The number of halogens is 2. The highest BCUT2D eigenvalue weighted by atomic mass is 19.2. The van der Waals surface area contributed by atoms with E-state index >= 15 is 0 Å². The van der Waals surface area contributed by atoms with Gasteiger partial charge in [-0.2, -0.15) is 0 Å². The van der Waals surface area contributed by atoms with E-state index in [-0.39, 0.29) is 39.5 Å². The molecule has 1 aliphatic rings. The lowest BCUT2D eigenvalue weighted by molar-refractivity contribution is 0.160. The zero-order valence-electron chi connectivity index (χ0n) is 18.6. The van der Waals surface area contributed by atoms with Crippen molar-refractivity contribution < 1.29 is 8.78 Å². The Hall–Kier alpha value is -2.87. The van der Waals surface area contributed by atoms with E-state index in [1.54, 1.807) is 6.20 Å². The molecule has 6 nitrogen and oxygen atoms in total. The highest BCUT2D eigenvalue weighted by Gasteiger charge is 2.39. The third-order valence-corrected chi connectivity index (χ3v) is 5.72. The number of rotatable bonds is 5. The largest absolute Gasteiger partial charge is 0.404 e. The Balaban J connectivity index is 1.87. The van der Waals surface area contributed by atoms with Gasteiger partial charge >= 0.3 is 0 Å². The van der Waals surface area contributed by atoms with Crippen molar-refractivity contribution in [2.24, 2.45) is 5.73 Å². The molecule has 1 fully saturated rings. The minimum absolute atomic E-state index is 0.00781. The molecule has 0 amide bonds. The van der Waals surface area contributed by atoms with Crippen molar-refractivity contribution in [3.63, 3.8) is 0 Å². The first-order valence-electron chi connectivity index (χ1n) is 10.2. The van der Waals surface area contributed by atoms with Gasteiger partial charge in [0.2, 0.25) is 0 Å². The van der Waals surface area contributed by atoms with Gasteiger partial charge in [0.25, 0.3) is 0 Å². The second kappa shape index (κ2) is 8.34. The lowest BCUT2D eigenvalue weighted by Gasteiger charge is -2.49. The van der Waals surface area contributed by atoms with Gasteiger partial charge < -0.3 is 21.4 Å². The monoisotopic (exact) mass is 428 g/mol. The zero-order valence-corrected chi connectivity index (χ0v) is 18.6. The maximum absolute atomic E-state index is 14.7. The maximum Gasteiger partial charge on any atom is 0.168 e. The Morgan fingerprint density at radius 1 is 1.13 bits per heavy atom. The predicted octanol–water partition coefficient (Wildman–Crippen LogP) is 4.12. The Morgan fingerprint density at radius 2 is 1.77 bits per heavy atom. The summed E-state index contributed by atoms with van der Waals surface area (Å²) in [5.74, 6) is -1.44. The number of allylic oxidation sites excluding steroid dienone is 1. The van der Waals surface area contributed by atoms with Crippen molar-refractivity contribution in [2.45, 2.75) is 57.7 Å². The fourth-order valence-corrected chi connectivity index (χ4v) is 4.56. The first-order valence-corrected chi connectivity index (χ1v) is 10.2. The van der Waals surface area contributed by atoms with Gasteiger partial charge in [-0.05, 0) is 46.6 Å². The molecule has 166 valence electrons. The van der Waals surface area contributed by atoms with Crippen molar-refractivity contribution in [2.75, 3.05) is 11.9 Å². The molecule has 1 aliphatic heterocycles. The average molecular weight is 429 g/mol. The number of nitrogens with zero attached hydrogens (tertiary/aromatic N) is 3. The maximum atomic E-state index is 14.7. The molecule has 1 saturated heterocycles. The molecule has 0 aliphatic carbocycles. The molecule has 4 N–H and O–H groups in total. The van der Waals surface area contributed by atoms with E-state index in [0.29, 0.717) is 5.82 Å². The van der Waals surface area contributed by atoms with E-state index < -0.39 is 11.6 Å². The molecule has 0 spiro atoms. The number of nitrogens with two attached hydrogens (primary N) is 1. The van der Waals surface area contributed by atoms with Crippen molar-refractivity contribution >= 4 is 17.6 Å². The summed E-state index contributed by atoms with van der Waals surface area (Å²) >= 11 is 0. The van der Waals surface area contributed by atoms with Crippen LogP contribution in [0.5, 0.6) is 0 Å². The minimum Gasteiger partial charge on any atom is -0.404 e. The number of benzene rings is 1. The van der Waals surface area contributed by atoms with Crippen molar-refractivity contribution in [1.82, 2.24) is 15.3 Å². The molecule has 2 aromatic rings. The molecule has 0 saturated carbocycles. The summed E-state index contributed by atoms with van der Waals surface area (Å²) in [4.78, 5) is 10.9. The minimum atomic E-state index is -1.07. The molecule has 31 heavy (non-hydrogen) atoms. The Labute approximate surface area is 182 Å². The molecule has 0 unspecified atom stereocenters. The van der Waals surface area contributed by atoms with Crippen LogP contribution in [-0.2, 0) is 0 Å². The summed E-state index contributed by atoms with van der Waals surface area (Å²) in [7, 11) is 1.99. The van der Waals surface area contributed by atoms with Crippen LogP contribution >= 0.6 is 0 Å². The van der Waals surface area contributed by atoms with Gasteiger partial charge in [-0.25, -0.2) is 13.8 Å². The molecular formula is C23H30F2N6. The fourth-order valence-electron chi connectivity index (χ4n) is 4.56. The molecule has 1 aromatic carbocycles. The molecule has 1 aromatic heterocycles. The molecule has 2 heterocycles. The Bertz CT molecular complexity index is 982. The Kier molecular flexibility index (Phi) is 6.14. The van der Waals surface area contributed by atoms with Gasteiger partial charge in [-0.15, -0.1) is 0 Å². The van der Waals surface area contributed by atoms with Crippen LogP contribution < -0.4 is 16.0 Å². The molecular weight excluding hydrogens is 398 g/mol. The fraction of sp³-hybridized carbons (Fsp3) is 0.435. The standard InChI is InChI=1S/C23H30F2N6/c1-22(2)8-15(9-23(3,4)30-22)31(5)19-13-28-18(12-29-19)17-7-6-16(14(10-26)11-27)20(24)21(17)25/h6-7,10-13,15,26,30H,8-9,27H2,1-5H3/b14-11+,26-10?. The van der Waals surface area contributed by atoms with Crippen LogP contribution in [-0.4, -0.2) is 40.3 Å². The van der Waals surface area contributed by atoms with Gasteiger partial charge in [0, 0.05) is 53.3 Å². The highest BCUT2D eigenvalue weighted by Crippen LogP contribution is 2.33. The summed E-state index contributed by atoms with van der Waals surface area (Å²) in [5, 5.41) is 11.0. The number of aromatic nitrogens is 2. The van der Waals surface area contributed by atoms with Gasteiger partial charge in [-0.3, -0.25) is 4.98 Å². The predicted molar refractivity (Wildman–Crippen MR) is 121 cm³/mol. The van der Waals surface area contributed by atoms with Crippen LogP contribution in [0.15, 0.2) is 30.7 Å². The second-order valence-corrected chi connectivity index (χ2v) is 9.38. The third-order valence-electron chi connectivity index (χ3n) is 5.72. The van der Waals surface area contributed by atoms with Crippen LogP contribution in [0.1, 0.15) is 46.1 Å². The summed E-state index contributed by atoms with van der Waals surface area (Å²) in [6.45, 7) is 8.76. The van der Waals surface area contributed by atoms with E-state index in [4.69, 9.17) is 11.1 Å². The van der Waals surface area contributed by atoms with Gasteiger partial charge in [-0.1, -0.05) is 6.07 Å². The van der Waals surface area contributed by atoms with E-state index in [1.165, 1.54) is 18.3 Å². The van der Waals surface area contributed by atoms with Crippen molar-refractivity contribution in [1.29, 1.82) is 5.41 Å². The van der Waals surface area contributed by atoms with Crippen molar-refractivity contribution in [3.8, 4) is 11.3 Å². The first kappa shape index (κ1) is 22.8. The molecule has 3 rings (SSSR count). The third kappa shape index (κ3) is 4.74. The topological polar surface area (TPSA) is 90.9 Å². The van der Waals surface area contributed by atoms with Gasteiger partial charge in [0.05, 0.1) is 18.1 Å². The average Bonchev–Trinajstić information content (AvgIpc) is 2.69. The van der Waals surface area contributed by atoms with E-state index in [0.717, 1.165) is 25.3 Å².